The van der Waals surface area contributed by atoms with Crippen LogP contribution in [0.2, 0.25) is 5.02 Å². The van der Waals surface area contributed by atoms with Crippen LogP contribution in [0, 0.1) is 0 Å². The van der Waals surface area contributed by atoms with Crippen molar-refractivity contribution in [3.63, 3.8) is 0 Å². The van der Waals surface area contributed by atoms with Gasteiger partial charge in [-0.05, 0) is 17.3 Å². The molecule has 0 aliphatic heterocycles. The van der Waals surface area contributed by atoms with E-state index in [1.807, 2.05) is 18.2 Å². The third kappa shape index (κ3) is 1.59. The van der Waals surface area contributed by atoms with Crippen LogP contribution in [0.25, 0.3) is 11.3 Å². The fourth-order valence-corrected chi connectivity index (χ4v) is 1.37. The molecule has 72 valence electrons. The van der Waals surface area contributed by atoms with Gasteiger partial charge in [-0.1, -0.05) is 23.7 Å². The average molecular weight is 210 g/mol. The van der Waals surface area contributed by atoms with Gasteiger partial charge in [-0.3, -0.25) is 0 Å². The number of halogens is 1. The normalized spacial score (nSPS) is 10.1. The summed E-state index contributed by atoms with van der Waals surface area (Å²) in [6, 6.07) is 9.10. The summed E-state index contributed by atoms with van der Waals surface area (Å²) in [7, 11) is 1.54. The first-order valence-corrected chi connectivity index (χ1v) is 4.44. The van der Waals surface area contributed by atoms with E-state index in [1.54, 1.807) is 12.1 Å². The van der Waals surface area contributed by atoms with Crippen LogP contribution in [0.15, 0.2) is 34.9 Å². The van der Waals surface area contributed by atoms with E-state index in [0.29, 0.717) is 16.7 Å². The maximum atomic E-state index is 5.98. The summed E-state index contributed by atoms with van der Waals surface area (Å²) in [5, 5.41) is 4.33. The number of methoxy groups -OCH3 is 1. The highest BCUT2D eigenvalue weighted by Crippen LogP contribution is 2.29. The van der Waals surface area contributed by atoms with Crippen molar-refractivity contribution in [1.29, 1.82) is 0 Å². The first kappa shape index (κ1) is 9.09. The fourth-order valence-electron chi connectivity index (χ4n) is 1.14. The van der Waals surface area contributed by atoms with E-state index in [2.05, 4.69) is 5.16 Å². The minimum absolute atomic E-state index is 0.444. The third-order valence-corrected chi connectivity index (χ3v) is 2.17. The predicted molar refractivity (Wildman–Crippen MR) is 53.5 cm³/mol. The fraction of sp³-hybridized carbons (Fsp3) is 0.100. The van der Waals surface area contributed by atoms with Crippen molar-refractivity contribution in [2.75, 3.05) is 7.11 Å². The Hall–Kier alpha value is -1.48. The van der Waals surface area contributed by atoms with E-state index in [0.717, 1.165) is 5.56 Å². The highest BCUT2D eigenvalue weighted by molar-refractivity contribution is 6.33. The molecule has 4 heteroatoms. The van der Waals surface area contributed by atoms with Gasteiger partial charge in [0.05, 0.1) is 12.1 Å². The van der Waals surface area contributed by atoms with Gasteiger partial charge in [-0.25, -0.2) is 0 Å². The molecule has 1 heterocycles. The lowest BCUT2D eigenvalue weighted by atomic mass is 10.2. The minimum Gasteiger partial charge on any atom is -0.479 e. The quantitative estimate of drug-likeness (QED) is 0.763. The van der Waals surface area contributed by atoms with E-state index in [-0.39, 0.29) is 0 Å². The molecule has 0 unspecified atom stereocenters. The number of rotatable bonds is 2. The van der Waals surface area contributed by atoms with Gasteiger partial charge in [0, 0.05) is 11.6 Å². The molecule has 1 aromatic heterocycles. The van der Waals surface area contributed by atoms with Gasteiger partial charge in [-0.15, -0.1) is 0 Å². The van der Waals surface area contributed by atoms with Crippen molar-refractivity contribution in [3.05, 3.63) is 35.4 Å². The number of hydrogen-bond acceptors (Lipinski definition) is 3. The molecular weight excluding hydrogens is 202 g/mol. The molecule has 0 aliphatic rings. The minimum atomic E-state index is 0.444. The van der Waals surface area contributed by atoms with Gasteiger partial charge < -0.3 is 9.26 Å². The van der Waals surface area contributed by atoms with Crippen molar-refractivity contribution in [3.8, 4) is 17.2 Å². The van der Waals surface area contributed by atoms with Crippen molar-refractivity contribution in [1.82, 2.24) is 5.16 Å². The topological polar surface area (TPSA) is 35.3 Å². The van der Waals surface area contributed by atoms with Crippen LogP contribution in [0.1, 0.15) is 0 Å². The second-order valence-corrected chi connectivity index (χ2v) is 3.12. The SMILES string of the molecule is COc1cc(-c2ccccc2Cl)on1. The first-order valence-electron chi connectivity index (χ1n) is 4.07. The third-order valence-electron chi connectivity index (χ3n) is 1.84. The zero-order valence-electron chi connectivity index (χ0n) is 7.53. The second-order valence-electron chi connectivity index (χ2n) is 2.71. The number of hydrogen-bond donors (Lipinski definition) is 0. The highest BCUT2D eigenvalue weighted by atomic mass is 35.5. The molecule has 0 aliphatic carbocycles. The summed E-state index contributed by atoms with van der Waals surface area (Å²) in [6.07, 6.45) is 0. The maximum absolute atomic E-state index is 5.98. The highest BCUT2D eigenvalue weighted by Gasteiger charge is 2.09. The van der Waals surface area contributed by atoms with Crippen LogP contribution >= 0.6 is 11.6 Å². The van der Waals surface area contributed by atoms with E-state index in [1.165, 1.54) is 7.11 Å². The summed E-state index contributed by atoms with van der Waals surface area (Å²) in [4.78, 5) is 0. The largest absolute Gasteiger partial charge is 0.479 e. The molecule has 2 rings (SSSR count). The lowest BCUT2D eigenvalue weighted by Gasteiger charge is -1.96. The van der Waals surface area contributed by atoms with Gasteiger partial charge in [0.1, 0.15) is 0 Å². The Morgan fingerprint density at radius 1 is 1.36 bits per heavy atom. The molecule has 0 radical (unpaired) electrons. The Balaban J connectivity index is 2.44. The number of aromatic nitrogens is 1. The molecule has 0 spiro atoms. The molecule has 0 bridgehead atoms. The molecule has 14 heavy (non-hydrogen) atoms. The zero-order chi connectivity index (χ0) is 9.97. The van der Waals surface area contributed by atoms with Crippen LogP contribution in [0.3, 0.4) is 0 Å². The number of nitrogens with zero attached hydrogens (tertiary/aromatic N) is 1. The Morgan fingerprint density at radius 3 is 2.79 bits per heavy atom. The van der Waals surface area contributed by atoms with Crippen molar-refractivity contribution in [2.24, 2.45) is 0 Å². The Labute approximate surface area is 86.2 Å². The molecule has 0 atom stereocenters. The predicted octanol–water partition coefficient (Wildman–Crippen LogP) is 3.00. The summed E-state index contributed by atoms with van der Waals surface area (Å²) in [6.45, 7) is 0. The van der Waals surface area contributed by atoms with Crippen LogP contribution in [-0.2, 0) is 0 Å². The molecule has 1 aromatic carbocycles. The molecule has 0 N–H and O–H groups in total. The van der Waals surface area contributed by atoms with Crippen LogP contribution in [0.5, 0.6) is 5.88 Å². The van der Waals surface area contributed by atoms with E-state index >= 15 is 0 Å². The summed E-state index contributed by atoms with van der Waals surface area (Å²) in [5.74, 6) is 1.05. The van der Waals surface area contributed by atoms with Gasteiger partial charge in [0.15, 0.2) is 5.76 Å². The van der Waals surface area contributed by atoms with Gasteiger partial charge in [-0.2, -0.15) is 0 Å². The molecule has 3 nitrogen and oxygen atoms in total. The van der Waals surface area contributed by atoms with Crippen molar-refractivity contribution >= 4 is 11.6 Å². The molecule has 0 saturated carbocycles. The summed E-state index contributed by atoms with van der Waals surface area (Å²) >= 11 is 5.98. The van der Waals surface area contributed by atoms with Crippen LogP contribution in [0.4, 0.5) is 0 Å². The Kier molecular flexibility index (Phi) is 2.41. The molecule has 0 saturated heterocycles. The van der Waals surface area contributed by atoms with E-state index < -0.39 is 0 Å². The molecule has 0 amide bonds. The molecular formula is C10H8ClNO2. The summed E-state index contributed by atoms with van der Waals surface area (Å²) < 4.78 is 9.97. The van der Waals surface area contributed by atoms with E-state index in [4.69, 9.17) is 20.9 Å². The van der Waals surface area contributed by atoms with Gasteiger partial charge >= 0.3 is 0 Å². The summed E-state index contributed by atoms with van der Waals surface area (Å²) in [5.41, 5.74) is 0.810. The van der Waals surface area contributed by atoms with Crippen molar-refractivity contribution < 1.29 is 9.26 Å². The lowest BCUT2D eigenvalue weighted by molar-refractivity contribution is 0.343. The first-order chi connectivity index (χ1) is 6.81. The maximum Gasteiger partial charge on any atom is 0.254 e. The Morgan fingerprint density at radius 2 is 2.14 bits per heavy atom. The van der Waals surface area contributed by atoms with Gasteiger partial charge in [0.25, 0.3) is 5.88 Å². The lowest BCUT2D eigenvalue weighted by Crippen LogP contribution is -1.79. The second kappa shape index (κ2) is 3.72. The zero-order valence-corrected chi connectivity index (χ0v) is 8.28. The van der Waals surface area contributed by atoms with Crippen molar-refractivity contribution in [2.45, 2.75) is 0 Å². The van der Waals surface area contributed by atoms with E-state index in [9.17, 15) is 0 Å². The standard InChI is InChI=1S/C10H8ClNO2/c1-13-10-6-9(14-12-10)7-4-2-3-5-8(7)11/h2-6H,1H3. The van der Waals surface area contributed by atoms with Gasteiger partial charge in [0.2, 0.25) is 0 Å². The average Bonchev–Trinajstić information content (AvgIpc) is 2.67. The Bertz CT molecular complexity index is 439. The smallest absolute Gasteiger partial charge is 0.254 e. The molecule has 0 fully saturated rings. The number of benzene rings is 1. The van der Waals surface area contributed by atoms with Crippen LogP contribution in [-0.4, -0.2) is 12.3 Å². The monoisotopic (exact) mass is 209 g/mol. The number of ether oxygens (including phenoxy) is 1. The molecule has 2 aromatic rings. The van der Waals surface area contributed by atoms with Crippen LogP contribution < -0.4 is 4.74 Å².